The molecule has 0 saturated heterocycles. The van der Waals surface area contributed by atoms with Gasteiger partial charge in [-0.1, -0.05) is 13.8 Å². The summed E-state index contributed by atoms with van der Waals surface area (Å²) in [5.74, 6) is 0.100. The van der Waals surface area contributed by atoms with E-state index in [2.05, 4.69) is 21.2 Å². The number of hydrogen-bond acceptors (Lipinski definition) is 3. The molecule has 0 heterocycles. The molecule has 0 spiro atoms. The molecule has 3 N–H and O–H groups in total. The molecular formula is C13H19BrN2O2S. The number of nitrogens with one attached hydrogen (secondary N) is 1. The maximum Gasteiger partial charge on any atom is 0.233 e. The van der Waals surface area contributed by atoms with Crippen LogP contribution in [0.5, 0.6) is 0 Å². The van der Waals surface area contributed by atoms with E-state index in [0.29, 0.717) is 21.0 Å². The van der Waals surface area contributed by atoms with Crippen LogP contribution in [0, 0.1) is 5.92 Å². The average molecular weight is 347 g/mol. The van der Waals surface area contributed by atoms with Gasteiger partial charge in [-0.3, -0.25) is 9.00 Å². The lowest BCUT2D eigenvalue weighted by Crippen LogP contribution is -2.38. The van der Waals surface area contributed by atoms with E-state index in [0.717, 1.165) is 0 Å². The van der Waals surface area contributed by atoms with E-state index in [1.165, 1.54) is 0 Å². The molecule has 2 atom stereocenters. The normalized spacial score (nSPS) is 14.2. The lowest BCUT2D eigenvalue weighted by Gasteiger charge is -2.17. The van der Waals surface area contributed by atoms with Crippen molar-refractivity contribution in [2.45, 2.75) is 31.7 Å². The van der Waals surface area contributed by atoms with E-state index >= 15 is 0 Å². The van der Waals surface area contributed by atoms with E-state index in [1.54, 1.807) is 18.2 Å². The van der Waals surface area contributed by atoms with Gasteiger partial charge >= 0.3 is 0 Å². The number of carbonyl (C=O) groups excluding carboxylic acids is 1. The molecular weight excluding hydrogens is 328 g/mol. The van der Waals surface area contributed by atoms with Crippen molar-refractivity contribution >= 4 is 38.3 Å². The maximum atomic E-state index is 12.1. The summed E-state index contributed by atoms with van der Waals surface area (Å²) >= 11 is 3.31. The lowest BCUT2D eigenvalue weighted by atomic mass is 10.1. The fourth-order valence-corrected chi connectivity index (χ4v) is 3.27. The molecule has 4 nitrogen and oxygen atoms in total. The second-order valence-electron chi connectivity index (χ2n) is 4.78. The minimum absolute atomic E-state index is 0.0421. The van der Waals surface area contributed by atoms with E-state index in [9.17, 15) is 9.00 Å². The molecule has 0 saturated carbocycles. The van der Waals surface area contributed by atoms with Crippen molar-refractivity contribution in [1.29, 1.82) is 0 Å². The molecule has 1 aromatic rings. The Bertz CT molecular complexity index is 492. The highest BCUT2D eigenvalue weighted by Gasteiger charge is 2.16. The molecule has 0 bridgehead atoms. The second-order valence-corrected chi connectivity index (χ2v) is 7.05. The smallest absolute Gasteiger partial charge is 0.233 e. The molecule has 6 heteroatoms. The molecule has 0 aromatic heterocycles. The molecule has 0 radical (unpaired) electrons. The highest BCUT2D eigenvalue weighted by molar-refractivity contribution is 9.10. The van der Waals surface area contributed by atoms with Gasteiger partial charge in [0.15, 0.2) is 0 Å². The zero-order chi connectivity index (χ0) is 14.6. The standard InChI is InChI=1S/C13H19BrN2O2S/c1-8(2)9(3)16-13(17)7-19(18)12-5-4-10(15)6-11(12)14/h4-6,8-9H,7,15H2,1-3H3,(H,16,17). The summed E-state index contributed by atoms with van der Waals surface area (Å²) in [6.07, 6.45) is 0. The number of nitrogens with two attached hydrogens (primary N) is 1. The maximum absolute atomic E-state index is 12.1. The van der Waals surface area contributed by atoms with Gasteiger partial charge in [-0.25, -0.2) is 0 Å². The number of anilines is 1. The summed E-state index contributed by atoms with van der Waals surface area (Å²) in [6, 6.07) is 5.10. The van der Waals surface area contributed by atoms with Gasteiger partial charge in [0.05, 0.1) is 15.7 Å². The summed E-state index contributed by atoms with van der Waals surface area (Å²) < 4.78 is 12.8. The number of halogens is 1. The molecule has 0 fully saturated rings. The Hall–Kier alpha value is -0.880. The van der Waals surface area contributed by atoms with Gasteiger partial charge in [-0.2, -0.15) is 0 Å². The third kappa shape index (κ3) is 4.95. The Balaban J connectivity index is 2.67. The molecule has 2 unspecified atom stereocenters. The highest BCUT2D eigenvalue weighted by Crippen LogP contribution is 2.23. The van der Waals surface area contributed by atoms with Crippen LogP contribution in [0.15, 0.2) is 27.6 Å². The third-order valence-electron chi connectivity index (χ3n) is 2.85. The van der Waals surface area contributed by atoms with E-state index in [-0.39, 0.29) is 17.7 Å². The monoisotopic (exact) mass is 346 g/mol. The minimum Gasteiger partial charge on any atom is -0.399 e. The van der Waals surface area contributed by atoms with Crippen LogP contribution in [-0.4, -0.2) is 21.9 Å². The Kier molecular flexibility index (Phi) is 6.00. The summed E-state index contributed by atoms with van der Waals surface area (Å²) in [5.41, 5.74) is 6.21. The van der Waals surface area contributed by atoms with Crippen LogP contribution in [0.25, 0.3) is 0 Å². The summed E-state index contributed by atoms with van der Waals surface area (Å²) in [6.45, 7) is 5.99. The van der Waals surface area contributed by atoms with E-state index in [1.807, 2.05) is 20.8 Å². The average Bonchev–Trinajstić information content (AvgIpc) is 2.27. The van der Waals surface area contributed by atoms with Crippen molar-refractivity contribution < 1.29 is 9.00 Å². The Morgan fingerprint density at radius 3 is 2.58 bits per heavy atom. The van der Waals surface area contributed by atoms with Crippen molar-refractivity contribution in [2.75, 3.05) is 11.5 Å². The second kappa shape index (κ2) is 7.05. The van der Waals surface area contributed by atoms with Crippen molar-refractivity contribution in [2.24, 2.45) is 5.92 Å². The van der Waals surface area contributed by atoms with Crippen molar-refractivity contribution in [3.05, 3.63) is 22.7 Å². The van der Waals surface area contributed by atoms with Crippen LogP contribution >= 0.6 is 15.9 Å². The van der Waals surface area contributed by atoms with Gasteiger partial charge in [-0.15, -0.1) is 0 Å². The molecule has 0 aliphatic carbocycles. The summed E-state index contributed by atoms with van der Waals surface area (Å²) in [7, 11) is -1.38. The Morgan fingerprint density at radius 2 is 2.05 bits per heavy atom. The Labute approximate surface area is 124 Å². The van der Waals surface area contributed by atoms with Crippen molar-refractivity contribution in [1.82, 2.24) is 5.32 Å². The fourth-order valence-electron chi connectivity index (χ4n) is 1.36. The molecule has 106 valence electrons. The van der Waals surface area contributed by atoms with Crippen LogP contribution < -0.4 is 11.1 Å². The molecule has 1 rings (SSSR count). The van der Waals surface area contributed by atoms with Gasteiger partial charge in [0.25, 0.3) is 0 Å². The molecule has 1 aromatic carbocycles. The number of carbonyl (C=O) groups is 1. The Morgan fingerprint density at radius 1 is 1.42 bits per heavy atom. The summed E-state index contributed by atoms with van der Waals surface area (Å²) in [4.78, 5) is 12.4. The first-order valence-corrected chi connectivity index (χ1v) is 8.15. The van der Waals surface area contributed by atoms with Crippen molar-refractivity contribution in [3.8, 4) is 0 Å². The van der Waals surface area contributed by atoms with Crippen LogP contribution in [0.2, 0.25) is 0 Å². The molecule has 0 aliphatic heterocycles. The molecule has 0 aliphatic rings. The van der Waals surface area contributed by atoms with Gasteiger partial charge in [0, 0.05) is 16.2 Å². The topological polar surface area (TPSA) is 72.2 Å². The van der Waals surface area contributed by atoms with Gasteiger partial charge in [-0.05, 0) is 47.0 Å². The SMILES string of the molecule is CC(C)C(C)NC(=O)CS(=O)c1ccc(N)cc1Br. The number of hydrogen-bond donors (Lipinski definition) is 2. The van der Waals surface area contributed by atoms with Crippen LogP contribution in [0.3, 0.4) is 0 Å². The minimum atomic E-state index is -1.38. The molecule has 19 heavy (non-hydrogen) atoms. The van der Waals surface area contributed by atoms with E-state index in [4.69, 9.17) is 5.73 Å². The predicted molar refractivity (Wildman–Crippen MR) is 82.3 cm³/mol. The van der Waals surface area contributed by atoms with Crippen molar-refractivity contribution in [3.63, 3.8) is 0 Å². The van der Waals surface area contributed by atoms with Crippen LogP contribution in [0.4, 0.5) is 5.69 Å². The predicted octanol–water partition coefficient (Wildman–Crippen LogP) is 2.30. The number of rotatable bonds is 5. The van der Waals surface area contributed by atoms with Gasteiger partial charge in [0.2, 0.25) is 5.91 Å². The largest absolute Gasteiger partial charge is 0.399 e. The van der Waals surface area contributed by atoms with Gasteiger partial charge < -0.3 is 11.1 Å². The van der Waals surface area contributed by atoms with Crippen LogP contribution in [0.1, 0.15) is 20.8 Å². The first kappa shape index (κ1) is 16.2. The number of benzene rings is 1. The zero-order valence-electron chi connectivity index (χ0n) is 11.3. The summed E-state index contributed by atoms with van der Waals surface area (Å²) in [5, 5.41) is 2.84. The van der Waals surface area contributed by atoms with Gasteiger partial charge in [0.1, 0.15) is 5.75 Å². The number of nitrogen functional groups attached to an aromatic ring is 1. The first-order chi connectivity index (χ1) is 8.81. The van der Waals surface area contributed by atoms with E-state index < -0.39 is 10.8 Å². The number of amides is 1. The lowest BCUT2D eigenvalue weighted by molar-refractivity contribution is -0.119. The molecule has 1 amide bonds. The zero-order valence-corrected chi connectivity index (χ0v) is 13.7. The quantitative estimate of drug-likeness (QED) is 0.803. The fraction of sp³-hybridized carbons (Fsp3) is 0.462. The third-order valence-corrected chi connectivity index (χ3v) is 5.14. The van der Waals surface area contributed by atoms with Crippen LogP contribution in [-0.2, 0) is 15.6 Å². The first-order valence-electron chi connectivity index (χ1n) is 6.04. The highest BCUT2D eigenvalue weighted by atomic mass is 79.9.